The molecular weight excluding hydrogens is 338 g/mol. The molecule has 2 aromatic rings. The van der Waals surface area contributed by atoms with Gasteiger partial charge in [0.15, 0.2) is 0 Å². The van der Waals surface area contributed by atoms with Crippen molar-refractivity contribution in [2.45, 2.75) is 57.6 Å². The summed E-state index contributed by atoms with van der Waals surface area (Å²) >= 11 is 0. The van der Waals surface area contributed by atoms with Crippen LogP contribution in [-0.4, -0.2) is 40.7 Å². The lowest BCUT2D eigenvalue weighted by molar-refractivity contribution is -0.00257. The number of pyridine rings is 1. The smallest absolute Gasteiger partial charge is 0.253 e. The minimum Gasteiger partial charge on any atom is -0.390 e. The van der Waals surface area contributed by atoms with E-state index in [4.69, 9.17) is 0 Å². The molecule has 1 aliphatic heterocycles. The van der Waals surface area contributed by atoms with E-state index in [-0.39, 0.29) is 11.9 Å². The van der Waals surface area contributed by atoms with Gasteiger partial charge in [0.05, 0.1) is 16.7 Å². The van der Waals surface area contributed by atoms with Gasteiger partial charge in [-0.1, -0.05) is 6.07 Å². The fraction of sp³-hybridized carbons (Fsp3) is 0.545. The average molecular weight is 367 g/mol. The number of hydrogen-bond donors (Lipinski definition) is 2. The van der Waals surface area contributed by atoms with E-state index in [0.717, 1.165) is 49.7 Å². The molecule has 5 nitrogen and oxygen atoms in total. The highest BCUT2D eigenvalue weighted by atomic mass is 16.3. The van der Waals surface area contributed by atoms with E-state index >= 15 is 0 Å². The molecule has 27 heavy (non-hydrogen) atoms. The first-order valence-corrected chi connectivity index (χ1v) is 10.1. The maximum atomic E-state index is 12.7. The Morgan fingerprint density at radius 2 is 1.93 bits per heavy atom. The first-order valence-electron chi connectivity index (χ1n) is 10.1. The van der Waals surface area contributed by atoms with E-state index < -0.39 is 5.60 Å². The number of hydrogen-bond acceptors (Lipinski definition) is 4. The van der Waals surface area contributed by atoms with E-state index in [9.17, 15) is 9.90 Å². The van der Waals surface area contributed by atoms with Crippen LogP contribution in [0.15, 0.2) is 30.5 Å². The first kappa shape index (κ1) is 18.2. The summed E-state index contributed by atoms with van der Waals surface area (Å²) in [7, 11) is 0. The number of aromatic nitrogens is 1. The lowest BCUT2D eigenvalue weighted by Gasteiger charge is -2.36. The van der Waals surface area contributed by atoms with Crippen LogP contribution in [0.3, 0.4) is 0 Å². The Kier molecular flexibility index (Phi) is 4.81. The van der Waals surface area contributed by atoms with Crippen molar-refractivity contribution in [3.8, 4) is 0 Å². The molecule has 1 aliphatic carbocycles. The third-order valence-corrected chi connectivity index (χ3v) is 6.21. The molecule has 0 unspecified atom stereocenters. The molecular formula is C22H29N3O2. The SMILES string of the molecule is CC(C)(O)[C@H]1CC[C@H](NC(=O)c2cnc3cc(N4CCC4)ccc3c2)CC1. The summed E-state index contributed by atoms with van der Waals surface area (Å²) in [6.45, 7) is 5.98. The topological polar surface area (TPSA) is 65.5 Å². The summed E-state index contributed by atoms with van der Waals surface area (Å²) in [5.41, 5.74) is 2.12. The second-order valence-corrected chi connectivity index (χ2v) is 8.62. The van der Waals surface area contributed by atoms with Crippen LogP contribution in [0.5, 0.6) is 0 Å². The largest absolute Gasteiger partial charge is 0.390 e. The number of amides is 1. The number of carbonyl (C=O) groups excluding carboxylic acids is 1. The van der Waals surface area contributed by atoms with Crippen LogP contribution >= 0.6 is 0 Å². The Bertz CT molecular complexity index is 831. The Balaban J connectivity index is 1.41. The standard InChI is InChI=1S/C22H29N3O2/c1-22(2,27)17-5-7-18(8-6-17)24-21(26)16-12-15-4-9-19(25-10-3-11-25)13-20(15)23-14-16/h4,9,12-14,17-18,27H,3,5-8,10-11H2,1-2H3,(H,24,26)/t17-,18-. The molecule has 1 amide bonds. The molecule has 0 atom stereocenters. The average Bonchev–Trinajstić information content (AvgIpc) is 2.59. The molecule has 1 aromatic heterocycles. The van der Waals surface area contributed by atoms with Gasteiger partial charge in [-0.2, -0.15) is 0 Å². The molecule has 2 aliphatic rings. The zero-order valence-electron chi connectivity index (χ0n) is 16.2. The van der Waals surface area contributed by atoms with Crippen molar-refractivity contribution < 1.29 is 9.90 Å². The van der Waals surface area contributed by atoms with E-state index in [1.54, 1.807) is 6.20 Å². The molecule has 1 aromatic carbocycles. The number of nitrogens with zero attached hydrogens (tertiary/aromatic N) is 2. The minimum absolute atomic E-state index is 0.0528. The van der Waals surface area contributed by atoms with Crippen molar-refractivity contribution in [2.24, 2.45) is 5.92 Å². The zero-order chi connectivity index (χ0) is 19.0. The molecule has 2 N–H and O–H groups in total. The van der Waals surface area contributed by atoms with Crippen molar-refractivity contribution >= 4 is 22.5 Å². The molecule has 2 heterocycles. The molecule has 1 saturated carbocycles. The Morgan fingerprint density at radius 3 is 2.56 bits per heavy atom. The number of nitrogens with one attached hydrogen (secondary N) is 1. The maximum absolute atomic E-state index is 12.7. The van der Waals surface area contributed by atoms with Crippen LogP contribution < -0.4 is 10.2 Å². The molecule has 1 saturated heterocycles. The summed E-state index contributed by atoms with van der Waals surface area (Å²) in [4.78, 5) is 19.5. The number of carbonyl (C=O) groups is 1. The molecule has 4 rings (SSSR count). The number of rotatable bonds is 4. The lowest BCUT2D eigenvalue weighted by atomic mass is 9.77. The van der Waals surface area contributed by atoms with E-state index in [1.165, 1.54) is 12.1 Å². The van der Waals surface area contributed by atoms with Crippen molar-refractivity contribution in [3.05, 3.63) is 36.0 Å². The quantitative estimate of drug-likeness (QED) is 0.868. The monoisotopic (exact) mass is 367 g/mol. The van der Waals surface area contributed by atoms with Gasteiger partial charge in [0.2, 0.25) is 0 Å². The molecule has 0 radical (unpaired) electrons. The Hall–Kier alpha value is -2.14. The van der Waals surface area contributed by atoms with Crippen LogP contribution in [0.2, 0.25) is 0 Å². The van der Waals surface area contributed by atoms with Gasteiger partial charge in [0, 0.05) is 36.4 Å². The van der Waals surface area contributed by atoms with Crippen LogP contribution in [-0.2, 0) is 0 Å². The van der Waals surface area contributed by atoms with Crippen molar-refractivity contribution in [3.63, 3.8) is 0 Å². The van der Waals surface area contributed by atoms with Gasteiger partial charge < -0.3 is 15.3 Å². The molecule has 144 valence electrons. The van der Waals surface area contributed by atoms with Gasteiger partial charge in [-0.05, 0) is 70.1 Å². The number of benzene rings is 1. The fourth-order valence-corrected chi connectivity index (χ4v) is 4.22. The summed E-state index contributed by atoms with van der Waals surface area (Å²) < 4.78 is 0. The Labute approximate surface area is 160 Å². The van der Waals surface area contributed by atoms with Crippen LogP contribution in [0, 0.1) is 5.92 Å². The van der Waals surface area contributed by atoms with Crippen LogP contribution in [0.1, 0.15) is 56.3 Å². The molecule has 2 fully saturated rings. The third-order valence-electron chi connectivity index (χ3n) is 6.21. The van der Waals surface area contributed by atoms with Gasteiger partial charge in [-0.15, -0.1) is 0 Å². The zero-order valence-corrected chi connectivity index (χ0v) is 16.2. The number of anilines is 1. The van der Waals surface area contributed by atoms with Gasteiger partial charge in [-0.25, -0.2) is 0 Å². The normalized spacial score (nSPS) is 23.1. The predicted octanol–water partition coefficient (Wildman–Crippen LogP) is 3.50. The van der Waals surface area contributed by atoms with Crippen molar-refractivity contribution in [1.82, 2.24) is 10.3 Å². The highest BCUT2D eigenvalue weighted by Gasteiger charge is 2.31. The molecule has 0 spiro atoms. The highest BCUT2D eigenvalue weighted by Crippen LogP contribution is 2.32. The first-order chi connectivity index (χ1) is 12.9. The fourth-order valence-electron chi connectivity index (χ4n) is 4.22. The van der Waals surface area contributed by atoms with Crippen molar-refractivity contribution in [1.29, 1.82) is 0 Å². The second-order valence-electron chi connectivity index (χ2n) is 8.62. The van der Waals surface area contributed by atoms with E-state index in [0.29, 0.717) is 11.5 Å². The van der Waals surface area contributed by atoms with Gasteiger partial charge in [0.1, 0.15) is 0 Å². The van der Waals surface area contributed by atoms with Gasteiger partial charge in [-0.3, -0.25) is 9.78 Å². The maximum Gasteiger partial charge on any atom is 0.253 e. The lowest BCUT2D eigenvalue weighted by Crippen LogP contribution is -2.41. The molecule has 5 heteroatoms. The summed E-state index contributed by atoms with van der Waals surface area (Å²) in [6.07, 6.45) is 6.66. The summed E-state index contributed by atoms with van der Waals surface area (Å²) in [6, 6.07) is 8.39. The van der Waals surface area contributed by atoms with Crippen LogP contribution in [0.4, 0.5) is 5.69 Å². The Morgan fingerprint density at radius 1 is 1.19 bits per heavy atom. The highest BCUT2D eigenvalue weighted by molar-refractivity contribution is 5.97. The van der Waals surface area contributed by atoms with E-state index in [1.807, 2.05) is 19.9 Å². The summed E-state index contributed by atoms with van der Waals surface area (Å²) in [5, 5.41) is 14.3. The van der Waals surface area contributed by atoms with Crippen LogP contribution in [0.25, 0.3) is 10.9 Å². The van der Waals surface area contributed by atoms with Gasteiger partial charge in [0.25, 0.3) is 5.91 Å². The molecule has 0 bridgehead atoms. The predicted molar refractivity (Wildman–Crippen MR) is 108 cm³/mol. The van der Waals surface area contributed by atoms with Gasteiger partial charge >= 0.3 is 0 Å². The summed E-state index contributed by atoms with van der Waals surface area (Å²) in [5.74, 6) is 0.261. The van der Waals surface area contributed by atoms with Crippen molar-refractivity contribution in [2.75, 3.05) is 18.0 Å². The minimum atomic E-state index is -0.633. The number of aliphatic hydroxyl groups is 1. The number of fused-ring (bicyclic) bond motifs is 1. The third kappa shape index (κ3) is 3.93. The second kappa shape index (κ2) is 7.12. The van der Waals surface area contributed by atoms with E-state index in [2.05, 4.69) is 33.4 Å².